The molecule has 3 rings (SSSR count). The first-order chi connectivity index (χ1) is 11.6. The first-order valence-electron chi connectivity index (χ1n) is 7.93. The zero-order chi connectivity index (χ0) is 17.1. The zero-order valence-electron chi connectivity index (χ0n) is 14.0. The molecule has 7 heteroatoms. The monoisotopic (exact) mass is 346 g/mol. The van der Waals surface area contributed by atoms with Crippen molar-refractivity contribution in [3.05, 3.63) is 45.9 Å². The number of benzene rings is 1. The number of amides is 1. The van der Waals surface area contributed by atoms with Crippen LogP contribution in [0.1, 0.15) is 35.3 Å². The normalized spacial score (nSPS) is 21.5. The zero-order valence-corrected chi connectivity index (χ0v) is 14.8. The molecule has 24 heavy (non-hydrogen) atoms. The number of rotatable bonds is 5. The van der Waals surface area contributed by atoms with E-state index in [1.807, 2.05) is 43.5 Å². The van der Waals surface area contributed by atoms with Crippen LogP contribution in [-0.4, -0.2) is 24.5 Å². The van der Waals surface area contributed by atoms with Crippen molar-refractivity contribution in [1.82, 2.24) is 21.2 Å². The third-order valence-corrected chi connectivity index (χ3v) is 5.02. The van der Waals surface area contributed by atoms with Gasteiger partial charge in [-0.1, -0.05) is 12.1 Å². The van der Waals surface area contributed by atoms with Crippen LogP contribution >= 0.6 is 11.3 Å². The Hall–Kier alpha value is -1.96. The van der Waals surface area contributed by atoms with Gasteiger partial charge in [-0.15, -0.1) is 11.3 Å². The molecule has 0 aliphatic carbocycles. The van der Waals surface area contributed by atoms with Crippen molar-refractivity contribution in [1.29, 1.82) is 0 Å². The van der Waals surface area contributed by atoms with Gasteiger partial charge in [0.15, 0.2) is 0 Å². The van der Waals surface area contributed by atoms with E-state index < -0.39 is 0 Å². The van der Waals surface area contributed by atoms with Gasteiger partial charge in [0.2, 0.25) is 5.91 Å². The highest BCUT2D eigenvalue weighted by atomic mass is 32.1. The summed E-state index contributed by atoms with van der Waals surface area (Å²) in [6.07, 6.45) is 0. The summed E-state index contributed by atoms with van der Waals surface area (Å²) in [6, 6.07) is 7.61. The number of thiazole rings is 1. The number of hydrazine groups is 1. The third kappa shape index (κ3) is 3.58. The van der Waals surface area contributed by atoms with Crippen molar-refractivity contribution in [3.63, 3.8) is 0 Å². The average molecular weight is 346 g/mol. The highest BCUT2D eigenvalue weighted by Gasteiger charge is 2.34. The Bertz CT molecular complexity index is 701. The number of methoxy groups -OCH3 is 1. The van der Waals surface area contributed by atoms with E-state index in [1.54, 1.807) is 18.4 Å². The summed E-state index contributed by atoms with van der Waals surface area (Å²) in [5.41, 5.74) is 8.25. The molecule has 1 fully saturated rings. The van der Waals surface area contributed by atoms with E-state index in [1.165, 1.54) is 0 Å². The molecule has 3 atom stereocenters. The van der Waals surface area contributed by atoms with Crippen molar-refractivity contribution < 1.29 is 9.53 Å². The van der Waals surface area contributed by atoms with Gasteiger partial charge in [-0.3, -0.25) is 10.2 Å². The Balaban J connectivity index is 1.68. The van der Waals surface area contributed by atoms with Crippen LogP contribution in [0.15, 0.2) is 29.6 Å². The van der Waals surface area contributed by atoms with Gasteiger partial charge in [0, 0.05) is 11.9 Å². The van der Waals surface area contributed by atoms with Crippen molar-refractivity contribution in [2.75, 3.05) is 13.7 Å². The van der Waals surface area contributed by atoms with Crippen LogP contribution in [-0.2, 0) is 4.79 Å². The predicted molar refractivity (Wildman–Crippen MR) is 93.8 cm³/mol. The molecule has 1 saturated heterocycles. The number of nitrogens with zero attached hydrogens (tertiary/aromatic N) is 1. The first kappa shape index (κ1) is 16.9. The maximum atomic E-state index is 12.7. The number of nitrogens with one attached hydrogen (secondary N) is 3. The third-order valence-electron chi connectivity index (χ3n) is 4.23. The lowest BCUT2D eigenvalue weighted by Crippen LogP contribution is -2.36. The molecule has 1 amide bonds. The van der Waals surface area contributed by atoms with Gasteiger partial charge in [-0.25, -0.2) is 10.4 Å². The van der Waals surface area contributed by atoms with Crippen molar-refractivity contribution >= 4 is 17.2 Å². The minimum Gasteiger partial charge on any atom is -0.497 e. The van der Waals surface area contributed by atoms with Crippen LogP contribution in [0, 0.1) is 12.8 Å². The summed E-state index contributed by atoms with van der Waals surface area (Å²) in [7, 11) is 1.64. The highest BCUT2D eigenvalue weighted by molar-refractivity contribution is 7.09. The van der Waals surface area contributed by atoms with Crippen LogP contribution in [0.3, 0.4) is 0 Å². The quantitative estimate of drug-likeness (QED) is 0.773. The summed E-state index contributed by atoms with van der Waals surface area (Å²) in [5.74, 6) is 0.644. The molecule has 2 aromatic rings. The Morgan fingerprint density at radius 1 is 1.42 bits per heavy atom. The van der Waals surface area contributed by atoms with Crippen molar-refractivity contribution in [2.45, 2.75) is 25.9 Å². The Morgan fingerprint density at radius 2 is 2.17 bits per heavy atom. The van der Waals surface area contributed by atoms with Gasteiger partial charge in [0.1, 0.15) is 5.75 Å². The van der Waals surface area contributed by atoms with E-state index in [-0.39, 0.29) is 23.9 Å². The van der Waals surface area contributed by atoms with Gasteiger partial charge < -0.3 is 10.1 Å². The predicted octanol–water partition coefficient (Wildman–Crippen LogP) is 2.10. The first-order valence-corrected chi connectivity index (χ1v) is 8.81. The van der Waals surface area contributed by atoms with E-state index in [0.717, 1.165) is 22.0 Å². The molecule has 2 heterocycles. The lowest BCUT2D eigenvalue weighted by atomic mass is 9.94. The van der Waals surface area contributed by atoms with Gasteiger partial charge in [0.25, 0.3) is 0 Å². The summed E-state index contributed by atoms with van der Waals surface area (Å²) in [5, 5.41) is 6.07. The second-order valence-corrected chi connectivity index (χ2v) is 6.97. The van der Waals surface area contributed by atoms with E-state index in [9.17, 15) is 4.79 Å². The molecule has 3 N–H and O–H groups in total. The summed E-state index contributed by atoms with van der Waals surface area (Å²) >= 11 is 1.59. The Labute approximate surface area is 145 Å². The molecule has 0 bridgehead atoms. The largest absolute Gasteiger partial charge is 0.497 e. The number of ether oxygens (including phenoxy) is 1. The molecule has 3 unspecified atom stereocenters. The number of hydrogen-bond acceptors (Lipinski definition) is 6. The van der Waals surface area contributed by atoms with Crippen LogP contribution in [0.4, 0.5) is 0 Å². The van der Waals surface area contributed by atoms with Crippen LogP contribution in [0.5, 0.6) is 5.75 Å². The number of aromatic nitrogens is 1. The SMILES string of the molecule is COc1ccc(C2NNCC2C(=O)NC(C)c2csc(C)n2)cc1. The molecule has 0 spiro atoms. The number of carbonyl (C=O) groups excluding carboxylic acids is 1. The number of aryl methyl sites for hydroxylation is 1. The molecule has 6 nitrogen and oxygen atoms in total. The van der Waals surface area contributed by atoms with Crippen LogP contribution in [0.25, 0.3) is 0 Å². The summed E-state index contributed by atoms with van der Waals surface area (Å²) in [6.45, 7) is 4.52. The van der Waals surface area contributed by atoms with Crippen molar-refractivity contribution in [3.8, 4) is 5.75 Å². The maximum absolute atomic E-state index is 12.7. The summed E-state index contributed by atoms with van der Waals surface area (Å²) in [4.78, 5) is 17.1. The number of hydrogen-bond donors (Lipinski definition) is 3. The fraction of sp³-hybridized carbons (Fsp3) is 0.412. The minimum absolute atomic E-state index is 0.0199. The fourth-order valence-corrected chi connectivity index (χ4v) is 3.55. The Kier molecular flexibility index (Phi) is 5.13. The fourth-order valence-electron chi connectivity index (χ4n) is 2.84. The lowest BCUT2D eigenvalue weighted by molar-refractivity contribution is -0.125. The van der Waals surface area contributed by atoms with Crippen LogP contribution in [0.2, 0.25) is 0 Å². The minimum atomic E-state index is -0.180. The summed E-state index contributed by atoms with van der Waals surface area (Å²) < 4.78 is 5.19. The van der Waals surface area contributed by atoms with Gasteiger partial charge in [0.05, 0.1) is 35.8 Å². The highest BCUT2D eigenvalue weighted by Crippen LogP contribution is 2.27. The van der Waals surface area contributed by atoms with Crippen molar-refractivity contribution in [2.24, 2.45) is 5.92 Å². The Morgan fingerprint density at radius 3 is 2.79 bits per heavy atom. The molecule has 1 aromatic carbocycles. The molecule has 1 aliphatic rings. The molecular weight excluding hydrogens is 324 g/mol. The average Bonchev–Trinajstić information content (AvgIpc) is 3.24. The second-order valence-electron chi connectivity index (χ2n) is 5.90. The van der Waals surface area contributed by atoms with E-state index in [0.29, 0.717) is 6.54 Å². The molecular formula is C17H22N4O2S. The molecule has 0 radical (unpaired) electrons. The van der Waals surface area contributed by atoms with Gasteiger partial charge in [-0.2, -0.15) is 0 Å². The standard InChI is InChI=1S/C17H22N4O2S/c1-10(15-9-24-11(2)20-15)19-17(22)14-8-18-21-16(14)12-4-6-13(23-3)7-5-12/h4-7,9-10,14,16,18,21H,8H2,1-3H3,(H,19,22). The van der Waals surface area contributed by atoms with Gasteiger partial charge >= 0.3 is 0 Å². The lowest BCUT2D eigenvalue weighted by Gasteiger charge is -2.20. The van der Waals surface area contributed by atoms with E-state index in [4.69, 9.17) is 4.74 Å². The number of carbonyl (C=O) groups is 1. The second kappa shape index (κ2) is 7.29. The van der Waals surface area contributed by atoms with E-state index >= 15 is 0 Å². The molecule has 0 saturated carbocycles. The van der Waals surface area contributed by atoms with Crippen LogP contribution < -0.4 is 20.9 Å². The molecule has 1 aromatic heterocycles. The molecule has 1 aliphatic heterocycles. The molecule has 128 valence electrons. The van der Waals surface area contributed by atoms with Gasteiger partial charge in [-0.05, 0) is 31.5 Å². The topological polar surface area (TPSA) is 75.3 Å². The van der Waals surface area contributed by atoms with E-state index in [2.05, 4.69) is 21.2 Å². The maximum Gasteiger partial charge on any atom is 0.226 e. The smallest absolute Gasteiger partial charge is 0.226 e.